The third-order valence-corrected chi connectivity index (χ3v) is 5.21. The Morgan fingerprint density at radius 3 is 2.71 bits per heavy atom. The number of pyridine rings is 1. The molecule has 1 aliphatic rings. The van der Waals surface area contributed by atoms with E-state index in [1.54, 1.807) is 21.7 Å². The fourth-order valence-electron chi connectivity index (χ4n) is 3.85. The average molecular weight is 415 g/mol. The number of aromatic nitrogens is 3. The normalized spacial score (nSPS) is 15.3. The van der Waals surface area contributed by atoms with E-state index in [1.807, 2.05) is 42.5 Å². The van der Waals surface area contributed by atoms with Gasteiger partial charge in [0.2, 0.25) is 11.9 Å². The topological polar surface area (TPSA) is 80.1 Å². The number of hydrogen-bond donors (Lipinski definition) is 1. The van der Waals surface area contributed by atoms with E-state index in [2.05, 4.69) is 15.3 Å². The molecular formula is C23H18FN5O2. The van der Waals surface area contributed by atoms with Gasteiger partial charge in [0.15, 0.2) is 0 Å². The van der Waals surface area contributed by atoms with Gasteiger partial charge in [0.25, 0.3) is 5.91 Å². The van der Waals surface area contributed by atoms with Crippen molar-refractivity contribution in [2.24, 2.45) is 0 Å². The van der Waals surface area contributed by atoms with Crippen LogP contribution in [-0.2, 0) is 16.1 Å². The summed E-state index contributed by atoms with van der Waals surface area (Å²) >= 11 is 0. The van der Waals surface area contributed by atoms with Crippen molar-refractivity contribution >= 4 is 34.5 Å². The lowest BCUT2D eigenvalue weighted by molar-refractivity contribution is -0.124. The molecule has 1 aliphatic heterocycles. The van der Waals surface area contributed by atoms with Gasteiger partial charge in [0, 0.05) is 11.9 Å². The maximum absolute atomic E-state index is 13.4. The van der Waals surface area contributed by atoms with Gasteiger partial charge in [-0.1, -0.05) is 24.3 Å². The molecule has 5 rings (SSSR count). The minimum Gasteiger partial charge on any atom is -0.326 e. The van der Waals surface area contributed by atoms with Gasteiger partial charge in [0.05, 0.1) is 29.7 Å². The van der Waals surface area contributed by atoms with Crippen LogP contribution in [-0.4, -0.2) is 26.3 Å². The molecule has 31 heavy (non-hydrogen) atoms. The smallest absolute Gasteiger partial charge is 0.253 e. The number of para-hydroxylation sites is 2. The van der Waals surface area contributed by atoms with Crippen LogP contribution < -0.4 is 10.2 Å². The number of halogens is 1. The van der Waals surface area contributed by atoms with Crippen LogP contribution in [0.4, 0.5) is 16.0 Å². The van der Waals surface area contributed by atoms with Crippen LogP contribution in [0.1, 0.15) is 18.2 Å². The first-order valence-electron chi connectivity index (χ1n) is 9.84. The van der Waals surface area contributed by atoms with Crippen LogP contribution in [0.3, 0.4) is 0 Å². The first-order chi connectivity index (χ1) is 15.1. The van der Waals surface area contributed by atoms with Crippen molar-refractivity contribution in [1.82, 2.24) is 14.5 Å². The molecule has 154 valence electrons. The monoisotopic (exact) mass is 415 g/mol. The maximum Gasteiger partial charge on any atom is 0.253 e. The lowest BCUT2D eigenvalue weighted by atomic mass is 10.1. The number of anilines is 2. The minimum atomic E-state index is -0.750. The van der Waals surface area contributed by atoms with Gasteiger partial charge in [0.1, 0.15) is 11.9 Å². The van der Waals surface area contributed by atoms with Crippen LogP contribution in [0.2, 0.25) is 0 Å². The molecule has 2 aromatic heterocycles. The van der Waals surface area contributed by atoms with Crippen LogP contribution in [0.25, 0.3) is 11.0 Å². The average Bonchev–Trinajstić information content (AvgIpc) is 3.25. The van der Waals surface area contributed by atoms with Gasteiger partial charge in [-0.3, -0.25) is 24.0 Å². The second-order valence-corrected chi connectivity index (χ2v) is 7.29. The molecule has 4 aromatic rings. The summed E-state index contributed by atoms with van der Waals surface area (Å²) in [6.45, 7) is 0.255. The van der Waals surface area contributed by atoms with E-state index in [9.17, 15) is 14.0 Å². The van der Waals surface area contributed by atoms with Crippen LogP contribution >= 0.6 is 0 Å². The van der Waals surface area contributed by atoms with E-state index in [0.717, 1.165) is 16.7 Å². The number of rotatable bonds is 5. The number of carbonyl (C=O) groups excluding carboxylic acids is 2. The van der Waals surface area contributed by atoms with Crippen molar-refractivity contribution in [2.75, 3.05) is 10.2 Å². The quantitative estimate of drug-likeness (QED) is 0.539. The summed E-state index contributed by atoms with van der Waals surface area (Å²) in [4.78, 5) is 36.5. The molecule has 7 nitrogen and oxygen atoms in total. The number of fused-ring (bicyclic) bond motifs is 3. The molecule has 3 heterocycles. The Labute approximate surface area is 177 Å². The zero-order chi connectivity index (χ0) is 21.4. The van der Waals surface area contributed by atoms with Crippen LogP contribution in [0.5, 0.6) is 0 Å². The number of amides is 2. The van der Waals surface area contributed by atoms with Gasteiger partial charge in [-0.2, -0.15) is 0 Å². The van der Waals surface area contributed by atoms with E-state index < -0.39 is 11.9 Å². The van der Waals surface area contributed by atoms with Crippen molar-refractivity contribution in [3.05, 3.63) is 84.4 Å². The number of hydrogen-bond acceptors (Lipinski definition) is 4. The van der Waals surface area contributed by atoms with E-state index in [0.29, 0.717) is 11.6 Å². The largest absolute Gasteiger partial charge is 0.326 e. The maximum atomic E-state index is 13.4. The van der Waals surface area contributed by atoms with Crippen LogP contribution in [0, 0.1) is 5.82 Å². The molecule has 0 aliphatic carbocycles. The van der Waals surface area contributed by atoms with E-state index in [-0.39, 0.29) is 24.8 Å². The Bertz CT molecular complexity index is 1290. The number of nitrogens with zero attached hydrogens (tertiary/aromatic N) is 4. The molecule has 0 saturated heterocycles. The van der Waals surface area contributed by atoms with Crippen molar-refractivity contribution in [1.29, 1.82) is 0 Å². The summed E-state index contributed by atoms with van der Waals surface area (Å²) in [5.41, 5.74) is 2.58. The minimum absolute atomic E-state index is 0.0958. The number of carbonyl (C=O) groups is 2. The summed E-state index contributed by atoms with van der Waals surface area (Å²) in [5, 5.41) is 2.67. The molecule has 1 atom stereocenters. The van der Waals surface area contributed by atoms with Gasteiger partial charge in [-0.25, -0.2) is 9.37 Å². The Morgan fingerprint density at radius 2 is 1.90 bits per heavy atom. The van der Waals surface area contributed by atoms with Crippen molar-refractivity contribution in [3.63, 3.8) is 0 Å². The predicted octanol–water partition coefficient (Wildman–Crippen LogP) is 3.69. The molecule has 1 N–H and O–H groups in total. The van der Waals surface area contributed by atoms with Gasteiger partial charge >= 0.3 is 0 Å². The Hall–Kier alpha value is -4.07. The molecule has 0 radical (unpaired) electrons. The second kappa shape index (κ2) is 7.64. The van der Waals surface area contributed by atoms with Crippen molar-refractivity contribution in [3.8, 4) is 0 Å². The van der Waals surface area contributed by atoms with Crippen molar-refractivity contribution < 1.29 is 14.0 Å². The Kier molecular flexibility index (Phi) is 4.66. The highest BCUT2D eigenvalue weighted by Gasteiger charge is 2.41. The third kappa shape index (κ3) is 3.52. The highest BCUT2D eigenvalue weighted by atomic mass is 19.1. The standard InChI is InChI=1S/C23H18FN5O2/c24-15-6-5-8-16(12-15)26-21(30)13-20-22(31)28(14-17-7-3-4-11-25-17)23-27-18-9-1-2-10-19(18)29(20)23/h1-12,20H,13-14H2,(H,26,30)/t20-/m1/s1. The third-order valence-electron chi connectivity index (χ3n) is 5.21. The Balaban J connectivity index is 1.47. The zero-order valence-electron chi connectivity index (χ0n) is 16.4. The molecule has 0 unspecified atom stereocenters. The van der Waals surface area contributed by atoms with Gasteiger partial charge in [-0.05, 0) is 42.5 Å². The number of nitrogens with one attached hydrogen (secondary N) is 1. The highest BCUT2D eigenvalue weighted by molar-refractivity contribution is 6.05. The highest BCUT2D eigenvalue weighted by Crippen LogP contribution is 2.37. The summed E-state index contributed by atoms with van der Waals surface area (Å²) in [6.07, 6.45) is 1.57. The molecular weight excluding hydrogens is 397 g/mol. The number of imidazole rings is 1. The van der Waals surface area contributed by atoms with Gasteiger partial charge < -0.3 is 5.32 Å². The van der Waals surface area contributed by atoms with Gasteiger partial charge in [-0.15, -0.1) is 0 Å². The lowest BCUT2D eigenvalue weighted by Gasteiger charge is -2.15. The summed E-state index contributed by atoms with van der Waals surface area (Å²) in [7, 11) is 0. The summed E-state index contributed by atoms with van der Waals surface area (Å²) in [5.74, 6) is -0.569. The first kappa shape index (κ1) is 18.9. The molecule has 8 heteroatoms. The van der Waals surface area contributed by atoms with Crippen molar-refractivity contribution in [2.45, 2.75) is 19.0 Å². The molecule has 0 saturated carbocycles. The molecule has 0 spiro atoms. The summed E-state index contributed by atoms with van der Waals surface area (Å²) < 4.78 is 15.2. The van der Waals surface area contributed by atoms with E-state index in [4.69, 9.17) is 0 Å². The Morgan fingerprint density at radius 1 is 1.06 bits per heavy atom. The SMILES string of the molecule is O=C(C[C@@H]1C(=O)N(Cc2ccccn2)c2nc3ccccc3n21)Nc1cccc(F)c1. The van der Waals surface area contributed by atoms with E-state index in [1.165, 1.54) is 18.2 Å². The fraction of sp³-hybridized carbons (Fsp3) is 0.130. The lowest BCUT2D eigenvalue weighted by Crippen LogP contribution is -2.31. The fourth-order valence-corrected chi connectivity index (χ4v) is 3.85. The molecule has 0 bridgehead atoms. The zero-order valence-corrected chi connectivity index (χ0v) is 16.4. The predicted molar refractivity (Wildman–Crippen MR) is 114 cm³/mol. The summed E-state index contributed by atoms with van der Waals surface area (Å²) in [6, 6.07) is 17.9. The van der Waals surface area contributed by atoms with Crippen LogP contribution in [0.15, 0.2) is 72.9 Å². The van der Waals surface area contributed by atoms with E-state index >= 15 is 0 Å². The molecule has 0 fully saturated rings. The molecule has 2 amide bonds. The first-order valence-corrected chi connectivity index (χ1v) is 9.84. The molecule has 2 aromatic carbocycles. The number of benzene rings is 2. The second-order valence-electron chi connectivity index (χ2n) is 7.29.